The van der Waals surface area contributed by atoms with Crippen LogP contribution >= 0.6 is 11.6 Å². The molecule has 27 heavy (non-hydrogen) atoms. The quantitative estimate of drug-likeness (QED) is 0.395. The smallest absolute Gasteiger partial charge is 0.244 e. The van der Waals surface area contributed by atoms with Gasteiger partial charge in [-0.05, 0) is 37.3 Å². The highest BCUT2D eigenvalue weighted by Crippen LogP contribution is 2.29. The molecule has 0 saturated heterocycles. The molecule has 4 aromatic rings. The van der Waals surface area contributed by atoms with Crippen LogP contribution in [0.25, 0.3) is 22.2 Å². The molecule has 132 valence electrons. The Balaban J connectivity index is 1.77. The summed E-state index contributed by atoms with van der Waals surface area (Å²) in [6, 6.07) is 19.3. The average molecular weight is 374 g/mol. The van der Waals surface area contributed by atoms with Crippen LogP contribution in [-0.2, 0) is 0 Å². The highest BCUT2D eigenvalue weighted by molar-refractivity contribution is 6.31. The molecule has 2 aromatic heterocycles. The lowest BCUT2D eigenvalue weighted by Crippen LogP contribution is -2.03. The number of pyridine rings is 1. The number of nitrogens with zero attached hydrogens (tertiary/aromatic N) is 4. The lowest BCUT2D eigenvalue weighted by Gasteiger charge is -2.09. The van der Waals surface area contributed by atoms with E-state index in [1.54, 1.807) is 12.4 Å². The number of hydrazone groups is 1. The summed E-state index contributed by atoms with van der Waals surface area (Å²) in [6.45, 7) is 1.92. The molecule has 0 unspecified atom stereocenters. The Hall–Kier alpha value is -3.31. The van der Waals surface area contributed by atoms with E-state index in [1.165, 1.54) is 0 Å². The maximum absolute atomic E-state index is 6.19. The summed E-state index contributed by atoms with van der Waals surface area (Å²) >= 11 is 6.19. The van der Waals surface area contributed by atoms with Crippen LogP contribution in [0.3, 0.4) is 0 Å². The number of hydrogen-bond donors (Lipinski definition) is 1. The minimum absolute atomic E-state index is 0.428. The molecule has 6 heteroatoms. The molecule has 0 fully saturated rings. The molecule has 0 spiro atoms. The van der Waals surface area contributed by atoms with Gasteiger partial charge >= 0.3 is 0 Å². The van der Waals surface area contributed by atoms with Crippen molar-refractivity contribution in [3.05, 3.63) is 83.6 Å². The third-order valence-corrected chi connectivity index (χ3v) is 4.36. The second-order valence-corrected chi connectivity index (χ2v) is 6.40. The van der Waals surface area contributed by atoms with E-state index in [0.29, 0.717) is 11.0 Å². The zero-order valence-corrected chi connectivity index (χ0v) is 15.4. The number of halogens is 1. The highest BCUT2D eigenvalue weighted by Gasteiger charge is 2.10. The van der Waals surface area contributed by atoms with Crippen LogP contribution in [-0.4, -0.2) is 20.7 Å². The summed E-state index contributed by atoms with van der Waals surface area (Å²) in [5.41, 5.74) is 7.37. The average Bonchev–Trinajstić information content (AvgIpc) is 2.73. The van der Waals surface area contributed by atoms with Crippen molar-refractivity contribution in [2.24, 2.45) is 5.10 Å². The van der Waals surface area contributed by atoms with E-state index in [2.05, 4.69) is 25.5 Å². The molecular weight excluding hydrogens is 358 g/mol. The van der Waals surface area contributed by atoms with Crippen LogP contribution in [0, 0.1) is 0 Å². The molecule has 0 aliphatic rings. The summed E-state index contributed by atoms with van der Waals surface area (Å²) in [5.74, 6) is 0.428. The number of rotatable bonds is 4. The van der Waals surface area contributed by atoms with Gasteiger partial charge in [0.15, 0.2) is 0 Å². The number of benzene rings is 2. The molecule has 0 radical (unpaired) electrons. The molecule has 1 N–H and O–H groups in total. The Morgan fingerprint density at radius 2 is 1.74 bits per heavy atom. The van der Waals surface area contributed by atoms with Gasteiger partial charge in [0.25, 0.3) is 0 Å². The maximum Gasteiger partial charge on any atom is 0.244 e. The van der Waals surface area contributed by atoms with Crippen LogP contribution in [0.5, 0.6) is 0 Å². The van der Waals surface area contributed by atoms with Crippen LogP contribution in [0.4, 0.5) is 5.95 Å². The van der Waals surface area contributed by atoms with Crippen molar-refractivity contribution in [3.8, 4) is 11.3 Å². The van der Waals surface area contributed by atoms with Crippen LogP contribution in [0.15, 0.2) is 78.2 Å². The molecule has 5 nitrogen and oxygen atoms in total. The van der Waals surface area contributed by atoms with E-state index in [-0.39, 0.29) is 0 Å². The fourth-order valence-electron chi connectivity index (χ4n) is 2.76. The van der Waals surface area contributed by atoms with Crippen molar-refractivity contribution in [1.29, 1.82) is 0 Å². The van der Waals surface area contributed by atoms with Crippen LogP contribution < -0.4 is 5.43 Å². The van der Waals surface area contributed by atoms with Crippen LogP contribution in [0.2, 0.25) is 5.02 Å². The largest absolute Gasteiger partial charge is 0.265 e. The van der Waals surface area contributed by atoms with Crippen molar-refractivity contribution in [2.45, 2.75) is 6.92 Å². The van der Waals surface area contributed by atoms with Gasteiger partial charge in [-0.1, -0.05) is 41.9 Å². The summed E-state index contributed by atoms with van der Waals surface area (Å²) in [7, 11) is 0. The zero-order chi connectivity index (χ0) is 18.6. The number of aromatic nitrogens is 3. The Labute approximate surface area is 161 Å². The lowest BCUT2D eigenvalue weighted by atomic mass is 10.1. The minimum atomic E-state index is 0.428. The molecule has 2 aromatic carbocycles. The van der Waals surface area contributed by atoms with Gasteiger partial charge in [0.2, 0.25) is 5.95 Å². The molecule has 0 bridgehead atoms. The van der Waals surface area contributed by atoms with Crippen molar-refractivity contribution < 1.29 is 0 Å². The van der Waals surface area contributed by atoms with Crippen molar-refractivity contribution >= 4 is 34.2 Å². The van der Waals surface area contributed by atoms with Gasteiger partial charge < -0.3 is 0 Å². The van der Waals surface area contributed by atoms with Crippen molar-refractivity contribution in [2.75, 3.05) is 5.43 Å². The van der Waals surface area contributed by atoms with Gasteiger partial charge in [-0.15, -0.1) is 0 Å². The Morgan fingerprint density at radius 3 is 2.52 bits per heavy atom. The first-order valence-electron chi connectivity index (χ1n) is 8.44. The number of hydrogen-bond acceptors (Lipinski definition) is 5. The SMILES string of the molecule is C/C(=N\Nc1nc(-c2ccccc2)c2cc(Cl)ccc2n1)c1ccncc1. The fourth-order valence-corrected chi connectivity index (χ4v) is 2.93. The maximum atomic E-state index is 6.19. The highest BCUT2D eigenvalue weighted by atomic mass is 35.5. The minimum Gasteiger partial charge on any atom is -0.265 e. The fraction of sp³-hybridized carbons (Fsp3) is 0.0476. The number of fused-ring (bicyclic) bond motifs is 1. The number of nitrogens with one attached hydrogen (secondary N) is 1. The van der Waals surface area contributed by atoms with Crippen molar-refractivity contribution in [3.63, 3.8) is 0 Å². The topological polar surface area (TPSA) is 63.1 Å². The van der Waals surface area contributed by atoms with Gasteiger partial charge in [-0.3, -0.25) is 4.98 Å². The normalized spacial score (nSPS) is 11.6. The molecule has 2 heterocycles. The van der Waals surface area contributed by atoms with E-state index in [4.69, 9.17) is 11.6 Å². The van der Waals surface area contributed by atoms with Crippen molar-refractivity contribution in [1.82, 2.24) is 15.0 Å². The van der Waals surface area contributed by atoms with Crippen LogP contribution in [0.1, 0.15) is 12.5 Å². The first-order chi connectivity index (χ1) is 13.2. The molecule has 0 atom stereocenters. The monoisotopic (exact) mass is 373 g/mol. The first kappa shape index (κ1) is 17.1. The summed E-state index contributed by atoms with van der Waals surface area (Å²) in [5, 5.41) is 5.96. The summed E-state index contributed by atoms with van der Waals surface area (Å²) in [6.07, 6.45) is 3.47. The lowest BCUT2D eigenvalue weighted by molar-refractivity contribution is 1.15. The van der Waals surface area contributed by atoms with E-state index < -0.39 is 0 Å². The molecule has 0 aliphatic heterocycles. The Kier molecular flexibility index (Phi) is 4.77. The van der Waals surface area contributed by atoms with E-state index in [9.17, 15) is 0 Å². The van der Waals surface area contributed by atoms with Gasteiger partial charge in [0.1, 0.15) is 0 Å². The summed E-state index contributed by atoms with van der Waals surface area (Å²) in [4.78, 5) is 13.3. The van der Waals surface area contributed by atoms with Gasteiger partial charge in [-0.25, -0.2) is 15.4 Å². The predicted octanol–water partition coefficient (Wildman–Crippen LogP) is 5.18. The predicted molar refractivity (Wildman–Crippen MR) is 110 cm³/mol. The van der Waals surface area contributed by atoms with E-state index >= 15 is 0 Å². The summed E-state index contributed by atoms with van der Waals surface area (Å²) < 4.78 is 0. The molecule has 4 rings (SSSR count). The molecule has 0 saturated carbocycles. The second-order valence-electron chi connectivity index (χ2n) is 5.97. The second kappa shape index (κ2) is 7.51. The van der Waals surface area contributed by atoms with E-state index in [1.807, 2.05) is 67.6 Å². The van der Waals surface area contributed by atoms with Gasteiger partial charge in [-0.2, -0.15) is 5.10 Å². The van der Waals surface area contributed by atoms with Gasteiger partial charge in [0, 0.05) is 33.9 Å². The third kappa shape index (κ3) is 3.78. The third-order valence-electron chi connectivity index (χ3n) is 4.13. The zero-order valence-electron chi connectivity index (χ0n) is 14.6. The number of anilines is 1. The standard InChI is InChI=1S/C21H16ClN5/c1-14(15-9-11-23-12-10-15)26-27-21-24-19-8-7-17(22)13-18(19)20(25-21)16-5-3-2-4-6-16/h2-13H,1H3,(H,24,25,27)/b26-14+. The Morgan fingerprint density at radius 1 is 0.963 bits per heavy atom. The molecular formula is C21H16ClN5. The first-order valence-corrected chi connectivity index (χ1v) is 8.82. The molecule has 0 amide bonds. The van der Waals surface area contributed by atoms with E-state index in [0.717, 1.165) is 33.4 Å². The molecule has 0 aliphatic carbocycles. The van der Waals surface area contributed by atoms with Gasteiger partial charge in [0.05, 0.1) is 16.9 Å². The Bertz CT molecular complexity index is 1110.